The Labute approximate surface area is 134 Å². The van der Waals surface area contributed by atoms with Gasteiger partial charge in [-0.2, -0.15) is 0 Å². The lowest BCUT2D eigenvalue weighted by Crippen LogP contribution is -2.31. The van der Waals surface area contributed by atoms with Gasteiger partial charge < -0.3 is 15.4 Å². The van der Waals surface area contributed by atoms with Gasteiger partial charge in [0.25, 0.3) is 0 Å². The van der Waals surface area contributed by atoms with Crippen molar-refractivity contribution >= 4 is 21.6 Å². The highest BCUT2D eigenvalue weighted by molar-refractivity contribution is 9.10. The van der Waals surface area contributed by atoms with E-state index in [0.717, 1.165) is 15.8 Å². The fraction of sp³-hybridized carbons (Fsp3) is 0.294. The third kappa shape index (κ3) is 3.39. The van der Waals surface area contributed by atoms with Gasteiger partial charge in [-0.1, -0.05) is 34.1 Å². The average Bonchev–Trinajstić information content (AvgIpc) is 2.50. The summed E-state index contributed by atoms with van der Waals surface area (Å²) in [7, 11) is 3.75. The Morgan fingerprint density at radius 2 is 1.95 bits per heavy atom. The Bertz CT molecular complexity index is 615. The van der Waals surface area contributed by atoms with Crippen LogP contribution in [-0.4, -0.2) is 20.7 Å². The van der Waals surface area contributed by atoms with Gasteiger partial charge in [-0.25, -0.2) is 0 Å². The molecule has 1 unspecified atom stereocenters. The Morgan fingerprint density at radius 1 is 1.24 bits per heavy atom. The minimum Gasteiger partial charge on any atom is -0.497 e. The molecule has 4 heteroatoms. The van der Waals surface area contributed by atoms with Gasteiger partial charge in [0.05, 0.1) is 13.2 Å². The number of anilines is 1. The Hall–Kier alpha value is -1.52. The van der Waals surface area contributed by atoms with Crippen LogP contribution in [0.4, 0.5) is 5.69 Å². The lowest BCUT2D eigenvalue weighted by molar-refractivity contribution is 0.413. The molecular formula is C17H21BrN2O. The van der Waals surface area contributed by atoms with Crippen molar-refractivity contribution < 1.29 is 4.74 Å². The molecule has 0 aliphatic rings. The number of nitrogens with zero attached hydrogens (tertiary/aromatic N) is 1. The van der Waals surface area contributed by atoms with E-state index in [-0.39, 0.29) is 6.04 Å². The number of nitrogens with two attached hydrogens (primary N) is 1. The molecule has 0 saturated heterocycles. The molecule has 0 saturated carbocycles. The number of halogens is 1. The number of hydrogen-bond donors (Lipinski definition) is 1. The molecule has 0 radical (unpaired) electrons. The molecule has 21 heavy (non-hydrogen) atoms. The van der Waals surface area contributed by atoms with Gasteiger partial charge in [0.1, 0.15) is 5.75 Å². The topological polar surface area (TPSA) is 38.5 Å². The molecule has 3 nitrogen and oxygen atoms in total. The SMILES string of the molecule is COc1ccc(Br)c(C(CN)N(C)c2ccccc2C)c1. The van der Waals surface area contributed by atoms with Crippen molar-refractivity contribution in [2.75, 3.05) is 25.6 Å². The van der Waals surface area contributed by atoms with Crippen molar-refractivity contribution in [3.8, 4) is 5.75 Å². The van der Waals surface area contributed by atoms with Crippen LogP contribution in [0.5, 0.6) is 5.75 Å². The molecule has 1 atom stereocenters. The first-order valence-corrected chi connectivity index (χ1v) is 7.69. The van der Waals surface area contributed by atoms with E-state index in [4.69, 9.17) is 10.5 Å². The zero-order chi connectivity index (χ0) is 15.4. The Morgan fingerprint density at radius 3 is 2.57 bits per heavy atom. The summed E-state index contributed by atoms with van der Waals surface area (Å²) in [6.07, 6.45) is 0. The molecule has 2 N–H and O–H groups in total. The van der Waals surface area contributed by atoms with Gasteiger partial charge in [0, 0.05) is 23.8 Å². The number of methoxy groups -OCH3 is 1. The lowest BCUT2D eigenvalue weighted by atomic mass is 10.0. The first kappa shape index (κ1) is 15.9. The van der Waals surface area contributed by atoms with Crippen LogP contribution in [0.2, 0.25) is 0 Å². The summed E-state index contributed by atoms with van der Waals surface area (Å²) in [4.78, 5) is 2.22. The van der Waals surface area contributed by atoms with Crippen molar-refractivity contribution in [2.45, 2.75) is 13.0 Å². The maximum Gasteiger partial charge on any atom is 0.119 e. The molecule has 0 bridgehead atoms. The molecule has 0 fully saturated rings. The normalized spacial score (nSPS) is 12.0. The average molecular weight is 349 g/mol. The summed E-state index contributed by atoms with van der Waals surface area (Å²) in [5.41, 5.74) is 9.59. The first-order chi connectivity index (χ1) is 10.1. The van der Waals surface area contributed by atoms with Crippen LogP contribution in [0.15, 0.2) is 46.9 Å². The Balaban J connectivity index is 2.42. The zero-order valence-corrected chi connectivity index (χ0v) is 14.2. The highest BCUT2D eigenvalue weighted by Gasteiger charge is 2.20. The van der Waals surface area contributed by atoms with Crippen LogP contribution in [0.3, 0.4) is 0 Å². The summed E-state index contributed by atoms with van der Waals surface area (Å²) >= 11 is 3.62. The monoisotopic (exact) mass is 348 g/mol. The minimum atomic E-state index is 0.0792. The molecule has 0 aliphatic carbocycles. The molecule has 0 spiro atoms. The number of likely N-dealkylation sites (N-methyl/N-ethyl adjacent to an activating group) is 1. The zero-order valence-electron chi connectivity index (χ0n) is 12.6. The van der Waals surface area contributed by atoms with E-state index >= 15 is 0 Å². The number of hydrogen-bond acceptors (Lipinski definition) is 3. The number of para-hydroxylation sites is 1. The molecule has 112 valence electrons. The first-order valence-electron chi connectivity index (χ1n) is 6.90. The van der Waals surface area contributed by atoms with Crippen LogP contribution in [0.25, 0.3) is 0 Å². The molecule has 0 aromatic heterocycles. The van der Waals surface area contributed by atoms with Gasteiger partial charge >= 0.3 is 0 Å². The molecule has 0 amide bonds. The quantitative estimate of drug-likeness (QED) is 0.890. The van der Waals surface area contributed by atoms with Gasteiger partial charge in [0.2, 0.25) is 0 Å². The highest BCUT2D eigenvalue weighted by atomic mass is 79.9. The molecule has 2 aromatic rings. The second-order valence-electron chi connectivity index (χ2n) is 5.04. The van der Waals surface area contributed by atoms with Gasteiger partial charge in [-0.15, -0.1) is 0 Å². The summed E-state index contributed by atoms with van der Waals surface area (Å²) in [5.74, 6) is 0.838. The van der Waals surface area contributed by atoms with E-state index < -0.39 is 0 Å². The van der Waals surface area contributed by atoms with Crippen molar-refractivity contribution in [3.63, 3.8) is 0 Å². The summed E-state index contributed by atoms with van der Waals surface area (Å²) in [5, 5.41) is 0. The van der Waals surface area contributed by atoms with E-state index in [2.05, 4.69) is 46.9 Å². The van der Waals surface area contributed by atoms with Crippen LogP contribution in [0.1, 0.15) is 17.2 Å². The van der Waals surface area contributed by atoms with Gasteiger partial charge in [0.15, 0.2) is 0 Å². The minimum absolute atomic E-state index is 0.0792. The second kappa shape index (κ2) is 6.96. The van der Waals surface area contributed by atoms with Crippen molar-refractivity contribution in [1.82, 2.24) is 0 Å². The molecule has 0 aliphatic heterocycles. The fourth-order valence-electron chi connectivity index (χ4n) is 2.52. The third-order valence-corrected chi connectivity index (χ3v) is 4.47. The lowest BCUT2D eigenvalue weighted by Gasteiger charge is -2.31. The van der Waals surface area contributed by atoms with E-state index in [1.54, 1.807) is 7.11 Å². The molecule has 2 aromatic carbocycles. The van der Waals surface area contributed by atoms with Crippen molar-refractivity contribution in [2.24, 2.45) is 5.73 Å². The van der Waals surface area contributed by atoms with E-state index in [9.17, 15) is 0 Å². The molecule has 2 rings (SSSR count). The predicted octanol–water partition coefficient (Wildman–Crippen LogP) is 3.90. The van der Waals surface area contributed by atoms with Gasteiger partial charge in [-0.05, 0) is 42.3 Å². The maximum atomic E-state index is 6.05. The standard InChI is InChI=1S/C17H21BrN2O/c1-12-6-4-5-7-16(12)20(2)17(11-19)14-10-13(21-3)8-9-15(14)18/h4-10,17H,11,19H2,1-3H3. The van der Waals surface area contributed by atoms with E-state index in [1.807, 2.05) is 30.3 Å². The molecule has 0 heterocycles. The van der Waals surface area contributed by atoms with E-state index in [0.29, 0.717) is 6.54 Å². The van der Waals surface area contributed by atoms with Crippen LogP contribution < -0.4 is 15.4 Å². The number of rotatable bonds is 5. The van der Waals surface area contributed by atoms with Crippen LogP contribution in [-0.2, 0) is 0 Å². The summed E-state index contributed by atoms with van der Waals surface area (Å²) in [6.45, 7) is 2.64. The largest absolute Gasteiger partial charge is 0.497 e. The van der Waals surface area contributed by atoms with Crippen molar-refractivity contribution in [1.29, 1.82) is 0 Å². The third-order valence-electron chi connectivity index (χ3n) is 3.75. The highest BCUT2D eigenvalue weighted by Crippen LogP contribution is 2.33. The van der Waals surface area contributed by atoms with Gasteiger partial charge in [-0.3, -0.25) is 0 Å². The smallest absolute Gasteiger partial charge is 0.119 e. The van der Waals surface area contributed by atoms with Crippen LogP contribution >= 0.6 is 15.9 Å². The summed E-state index contributed by atoms with van der Waals surface area (Å²) in [6, 6.07) is 14.4. The fourth-order valence-corrected chi connectivity index (χ4v) is 3.04. The second-order valence-corrected chi connectivity index (χ2v) is 5.89. The number of aryl methyl sites for hydroxylation is 1. The maximum absolute atomic E-state index is 6.05. The number of ether oxygens (including phenoxy) is 1. The summed E-state index contributed by atoms with van der Waals surface area (Å²) < 4.78 is 6.37. The Kier molecular flexibility index (Phi) is 5.26. The predicted molar refractivity (Wildman–Crippen MR) is 92.1 cm³/mol. The number of benzene rings is 2. The van der Waals surface area contributed by atoms with E-state index in [1.165, 1.54) is 11.3 Å². The van der Waals surface area contributed by atoms with Crippen molar-refractivity contribution in [3.05, 3.63) is 58.1 Å². The molecular weight excluding hydrogens is 328 g/mol. The van der Waals surface area contributed by atoms with Crippen LogP contribution in [0, 0.1) is 6.92 Å².